The Labute approximate surface area is 99.4 Å². The van der Waals surface area contributed by atoms with Crippen molar-refractivity contribution in [3.8, 4) is 0 Å². The molecule has 1 fully saturated rings. The molecule has 1 aromatic carbocycles. The largest absolute Gasteiger partial charge is 0.384 e. The summed E-state index contributed by atoms with van der Waals surface area (Å²) in [7, 11) is 0. The first-order valence-electron chi connectivity index (χ1n) is 5.71. The summed E-state index contributed by atoms with van der Waals surface area (Å²) in [6.07, 6.45) is 1.09. The number of rotatable bonds is 4. The maximum atomic E-state index is 13.4. The van der Waals surface area contributed by atoms with Crippen LogP contribution >= 0.6 is 0 Å². The molecule has 1 unspecified atom stereocenters. The Balaban J connectivity index is 2.09. The lowest BCUT2D eigenvalue weighted by molar-refractivity contribution is 0.0997. The standard InChI is InChI=1S/C12H16FN3O/c13-9-2-1-3-10(11(9)12(14)17)16-7-8-4-5-15-6-8/h1-3,8,15-16H,4-7H2,(H2,14,17). The van der Waals surface area contributed by atoms with Crippen molar-refractivity contribution in [3.05, 3.63) is 29.6 Å². The summed E-state index contributed by atoms with van der Waals surface area (Å²) < 4.78 is 13.4. The third-order valence-corrected chi connectivity index (χ3v) is 3.00. The number of hydrogen-bond acceptors (Lipinski definition) is 3. The summed E-state index contributed by atoms with van der Waals surface area (Å²) in [5.74, 6) is -0.804. The van der Waals surface area contributed by atoms with Crippen molar-refractivity contribution in [2.75, 3.05) is 25.0 Å². The van der Waals surface area contributed by atoms with Gasteiger partial charge in [-0.25, -0.2) is 4.39 Å². The number of halogens is 1. The van der Waals surface area contributed by atoms with Crippen molar-refractivity contribution in [1.82, 2.24) is 5.32 Å². The van der Waals surface area contributed by atoms with E-state index in [2.05, 4.69) is 10.6 Å². The first-order chi connectivity index (χ1) is 8.18. The van der Waals surface area contributed by atoms with Crippen LogP contribution < -0.4 is 16.4 Å². The summed E-state index contributed by atoms with van der Waals surface area (Å²) in [4.78, 5) is 11.2. The number of nitrogens with one attached hydrogen (secondary N) is 2. The van der Waals surface area contributed by atoms with Gasteiger partial charge in [-0.2, -0.15) is 0 Å². The van der Waals surface area contributed by atoms with Gasteiger partial charge in [0.25, 0.3) is 5.91 Å². The van der Waals surface area contributed by atoms with Crippen LogP contribution in [0, 0.1) is 11.7 Å². The molecule has 0 radical (unpaired) electrons. The van der Waals surface area contributed by atoms with Crippen LogP contribution in [0.4, 0.5) is 10.1 Å². The lowest BCUT2D eigenvalue weighted by Gasteiger charge is -2.13. The third-order valence-electron chi connectivity index (χ3n) is 3.00. The van der Waals surface area contributed by atoms with Gasteiger partial charge in [-0.05, 0) is 37.6 Å². The van der Waals surface area contributed by atoms with Crippen LogP contribution in [-0.2, 0) is 0 Å². The predicted molar refractivity (Wildman–Crippen MR) is 64.4 cm³/mol. The number of primary amides is 1. The first kappa shape index (κ1) is 11.9. The Kier molecular flexibility index (Phi) is 3.58. The van der Waals surface area contributed by atoms with Crippen molar-refractivity contribution in [2.45, 2.75) is 6.42 Å². The van der Waals surface area contributed by atoms with E-state index in [1.165, 1.54) is 6.07 Å². The molecular weight excluding hydrogens is 221 g/mol. The molecule has 1 heterocycles. The smallest absolute Gasteiger partial charge is 0.253 e. The molecule has 1 atom stereocenters. The molecule has 1 aromatic rings. The average molecular weight is 237 g/mol. The maximum absolute atomic E-state index is 13.4. The molecule has 0 saturated carbocycles. The van der Waals surface area contributed by atoms with E-state index in [4.69, 9.17) is 5.73 Å². The summed E-state index contributed by atoms with van der Waals surface area (Å²) >= 11 is 0. The predicted octanol–water partition coefficient (Wildman–Crippen LogP) is 0.946. The van der Waals surface area contributed by atoms with Gasteiger partial charge in [0.2, 0.25) is 0 Å². The topological polar surface area (TPSA) is 67.2 Å². The van der Waals surface area contributed by atoms with Crippen LogP contribution in [0.5, 0.6) is 0 Å². The molecule has 5 heteroatoms. The molecule has 0 aliphatic carbocycles. The molecule has 1 aliphatic rings. The van der Waals surface area contributed by atoms with E-state index in [-0.39, 0.29) is 5.56 Å². The van der Waals surface area contributed by atoms with Crippen LogP contribution in [0.3, 0.4) is 0 Å². The molecule has 2 rings (SSSR count). The average Bonchev–Trinajstić information content (AvgIpc) is 2.78. The fourth-order valence-electron chi connectivity index (χ4n) is 2.06. The van der Waals surface area contributed by atoms with Gasteiger partial charge in [-0.3, -0.25) is 4.79 Å². The minimum Gasteiger partial charge on any atom is -0.384 e. The Morgan fingerprint density at radius 3 is 3.06 bits per heavy atom. The number of carbonyl (C=O) groups is 1. The van der Waals surface area contributed by atoms with Crippen LogP contribution in [-0.4, -0.2) is 25.5 Å². The number of benzene rings is 1. The molecule has 4 N–H and O–H groups in total. The SMILES string of the molecule is NC(=O)c1c(F)cccc1NCC1CCNC1. The van der Waals surface area contributed by atoms with Crippen molar-refractivity contribution in [2.24, 2.45) is 11.7 Å². The highest BCUT2D eigenvalue weighted by Gasteiger charge is 2.17. The second kappa shape index (κ2) is 5.14. The zero-order chi connectivity index (χ0) is 12.3. The number of hydrogen-bond donors (Lipinski definition) is 3. The summed E-state index contributed by atoms with van der Waals surface area (Å²) in [6, 6.07) is 4.48. The Morgan fingerprint density at radius 2 is 2.41 bits per heavy atom. The van der Waals surface area contributed by atoms with Gasteiger partial charge < -0.3 is 16.4 Å². The third kappa shape index (κ3) is 2.74. The Hall–Kier alpha value is -1.62. The summed E-state index contributed by atoms with van der Waals surface area (Å²) in [6.45, 7) is 2.68. The van der Waals surface area contributed by atoms with Crippen LogP contribution in [0.15, 0.2) is 18.2 Å². The molecule has 17 heavy (non-hydrogen) atoms. The second-order valence-corrected chi connectivity index (χ2v) is 4.27. The van der Waals surface area contributed by atoms with Gasteiger partial charge in [0, 0.05) is 12.2 Å². The van der Waals surface area contributed by atoms with Gasteiger partial charge in [0.15, 0.2) is 0 Å². The second-order valence-electron chi connectivity index (χ2n) is 4.27. The summed E-state index contributed by atoms with van der Waals surface area (Å²) in [5, 5.41) is 6.35. The molecule has 0 spiro atoms. The minimum absolute atomic E-state index is 0.0570. The zero-order valence-electron chi connectivity index (χ0n) is 9.50. The lowest BCUT2D eigenvalue weighted by atomic mass is 10.1. The van der Waals surface area contributed by atoms with E-state index in [9.17, 15) is 9.18 Å². The van der Waals surface area contributed by atoms with Crippen molar-refractivity contribution < 1.29 is 9.18 Å². The Morgan fingerprint density at radius 1 is 1.59 bits per heavy atom. The van der Waals surface area contributed by atoms with Crippen LogP contribution in [0.1, 0.15) is 16.8 Å². The zero-order valence-corrected chi connectivity index (χ0v) is 9.50. The van der Waals surface area contributed by atoms with Crippen molar-refractivity contribution in [1.29, 1.82) is 0 Å². The van der Waals surface area contributed by atoms with Crippen LogP contribution in [0.25, 0.3) is 0 Å². The van der Waals surface area contributed by atoms with E-state index in [1.807, 2.05) is 0 Å². The molecule has 4 nitrogen and oxygen atoms in total. The quantitative estimate of drug-likeness (QED) is 0.730. The Bertz CT molecular complexity index is 416. The number of anilines is 1. The molecular formula is C12H16FN3O. The molecule has 0 bridgehead atoms. The number of nitrogens with two attached hydrogens (primary N) is 1. The minimum atomic E-state index is -0.741. The maximum Gasteiger partial charge on any atom is 0.253 e. The normalized spacial score (nSPS) is 19.2. The van der Waals surface area contributed by atoms with Gasteiger partial charge in [-0.15, -0.1) is 0 Å². The molecule has 1 amide bonds. The van der Waals surface area contributed by atoms with Crippen LogP contribution in [0.2, 0.25) is 0 Å². The fraction of sp³-hybridized carbons (Fsp3) is 0.417. The highest BCUT2D eigenvalue weighted by Crippen LogP contribution is 2.19. The van der Waals surface area contributed by atoms with E-state index in [0.29, 0.717) is 11.6 Å². The molecule has 1 aliphatic heterocycles. The van der Waals surface area contributed by atoms with E-state index in [1.54, 1.807) is 12.1 Å². The highest BCUT2D eigenvalue weighted by atomic mass is 19.1. The van der Waals surface area contributed by atoms with Gasteiger partial charge >= 0.3 is 0 Å². The van der Waals surface area contributed by atoms with Gasteiger partial charge in [0.1, 0.15) is 5.82 Å². The fourth-order valence-corrected chi connectivity index (χ4v) is 2.06. The molecule has 1 saturated heterocycles. The van der Waals surface area contributed by atoms with Gasteiger partial charge in [0.05, 0.1) is 5.56 Å². The van der Waals surface area contributed by atoms with E-state index >= 15 is 0 Å². The monoisotopic (exact) mass is 237 g/mol. The lowest BCUT2D eigenvalue weighted by Crippen LogP contribution is -2.21. The highest BCUT2D eigenvalue weighted by molar-refractivity contribution is 5.98. The number of amides is 1. The van der Waals surface area contributed by atoms with E-state index in [0.717, 1.165) is 26.1 Å². The van der Waals surface area contributed by atoms with Crippen molar-refractivity contribution in [3.63, 3.8) is 0 Å². The first-order valence-corrected chi connectivity index (χ1v) is 5.71. The van der Waals surface area contributed by atoms with Gasteiger partial charge in [-0.1, -0.05) is 6.07 Å². The van der Waals surface area contributed by atoms with Crippen molar-refractivity contribution >= 4 is 11.6 Å². The van der Waals surface area contributed by atoms with E-state index < -0.39 is 11.7 Å². The molecule has 0 aromatic heterocycles. The number of carbonyl (C=O) groups excluding carboxylic acids is 1. The summed E-state index contributed by atoms with van der Waals surface area (Å²) in [5.41, 5.74) is 5.59. The molecule has 92 valence electrons.